The van der Waals surface area contributed by atoms with Crippen LogP contribution in [0.2, 0.25) is 0 Å². The summed E-state index contributed by atoms with van der Waals surface area (Å²) in [7, 11) is 0. The number of aliphatic carboxylic acids is 1. The number of imidazole rings is 1. The van der Waals surface area contributed by atoms with Gasteiger partial charge in [0, 0.05) is 41.8 Å². The number of carboxylic acids is 1. The lowest BCUT2D eigenvalue weighted by molar-refractivity contribution is -0.142. The number of hydrogen-bond donors (Lipinski definition) is 8. The average Bonchev–Trinajstić information content (AvgIpc) is 3.61. The van der Waals surface area contributed by atoms with Crippen molar-refractivity contribution in [2.24, 2.45) is 17.4 Å². The number of aromatic nitrogens is 3. The molecule has 228 valence electrons. The molecule has 1 aromatic carbocycles. The number of fused-ring (bicyclic) bond motifs is 1. The summed E-state index contributed by atoms with van der Waals surface area (Å²) in [6.07, 6.45) is 6.63. The van der Waals surface area contributed by atoms with E-state index in [9.17, 15) is 24.3 Å². The predicted octanol–water partition coefficient (Wildman–Crippen LogP) is 0.718. The highest BCUT2D eigenvalue weighted by molar-refractivity contribution is 5.95. The van der Waals surface area contributed by atoms with Crippen LogP contribution in [-0.2, 0) is 32.0 Å². The Hall–Kier alpha value is -4.23. The third-order valence-electron chi connectivity index (χ3n) is 6.97. The van der Waals surface area contributed by atoms with E-state index in [1.807, 2.05) is 38.1 Å². The Morgan fingerprint density at radius 1 is 0.929 bits per heavy atom. The lowest BCUT2D eigenvalue weighted by atomic mass is 10.0. The van der Waals surface area contributed by atoms with Gasteiger partial charge in [-0.15, -0.1) is 0 Å². The minimum absolute atomic E-state index is 0.0212. The smallest absolute Gasteiger partial charge is 0.326 e. The number of nitrogens with zero attached hydrogens (tertiary/aromatic N) is 1. The zero-order chi connectivity index (χ0) is 30.6. The van der Waals surface area contributed by atoms with E-state index < -0.39 is 47.9 Å². The first-order valence-corrected chi connectivity index (χ1v) is 14.2. The lowest BCUT2D eigenvalue weighted by Gasteiger charge is -2.25. The van der Waals surface area contributed by atoms with Crippen molar-refractivity contribution >= 4 is 34.6 Å². The fraction of sp³-hybridized carbons (Fsp3) is 0.483. The van der Waals surface area contributed by atoms with Crippen LogP contribution in [0, 0.1) is 5.92 Å². The van der Waals surface area contributed by atoms with E-state index >= 15 is 0 Å². The summed E-state index contributed by atoms with van der Waals surface area (Å²) in [5, 5.41) is 18.6. The molecule has 0 aliphatic heterocycles. The van der Waals surface area contributed by atoms with Gasteiger partial charge in [-0.3, -0.25) is 14.4 Å². The predicted molar refractivity (Wildman–Crippen MR) is 158 cm³/mol. The molecule has 0 aliphatic carbocycles. The summed E-state index contributed by atoms with van der Waals surface area (Å²) in [6.45, 7) is 4.30. The zero-order valence-electron chi connectivity index (χ0n) is 24.1. The van der Waals surface area contributed by atoms with Gasteiger partial charge in [0.1, 0.15) is 18.1 Å². The lowest BCUT2D eigenvalue weighted by Crippen LogP contribution is -2.58. The molecule has 10 N–H and O–H groups in total. The molecule has 0 saturated heterocycles. The maximum atomic E-state index is 13.7. The van der Waals surface area contributed by atoms with Gasteiger partial charge in [0.15, 0.2) is 0 Å². The molecular weight excluding hydrogens is 540 g/mol. The SMILES string of the molecule is CC(C)CC(N)C(=O)NC(Cc1c[nH]c2ccccc12)C(=O)NC(Cc1cnc[nH]1)C(=O)NC(CCCCN)C(=O)O. The summed E-state index contributed by atoms with van der Waals surface area (Å²) in [5.74, 6) is -2.78. The number of carbonyl (C=O) groups excluding carboxylic acids is 3. The van der Waals surface area contributed by atoms with Crippen molar-refractivity contribution in [3.8, 4) is 0 Å². The second-order valence-corrected chi connectivity index (χ2v) is 10.9. The number of carbonyl (C=O) groups is 4. The highest BCUT2D eigenvalue weighted by Crippen LogP contribution is 2.19. The maximum absolute atomic E-state index is 13.7. The molecule has 3 rings (SSSR count). The van der Waals surface area contributed by atoms with Crippen LogP contribution in [0.5, 0.6) is 0 Å². The van der Waals surface area contributed by atoms with Crippen LogP contribution in [0.4, 0.5) is 0 Å². The highest BCUT2D eigenvalue weighted by Gasteiger charge is 2.31. The number of hydrogen-bond acceptors (Lipinski definition) is 7. The molecule has 13 nitrogen and oxygen atoms in total. The van der Waals surface area contributed by atoms with Crippen molar-refractivity contribution in [1.82, 2.24) is 30.9 Å². The van der Waals surface area contributed by atoms with Crippen molar-refractivity contribution in [2.45, 2.75) is 76.5 Å². The minimum Gasteiger partial charge on any atom is -0.480 e. The summed E-state index contributed by atoms with van der Waals surface area (Å²) in [5.41, 5.74) is 13.9. The second-order valence-electron chi connectivity index (χ2n) is 10.9. The molecule has 42 heavy (non-hydrogen) atoms. The molecule has 3 amide bonds. The molecule has 2 aromatic heterocycles. The van der Waals surface area contributed by atoms with Crippen LogP contribution in [-0.4, -0.2) is 74.5 Å². The second kappa shape index (κ2) is 15.7. The van der Waals surface area contributed by atoms with Crippen LogP contribution < -0.4 is 27.4 Å². The van der Waals surface area contributed by atoms with Crippen LogP contribution in [0.15, 0.2) is 43.0 Å². The molecule has 4 unspecified atom stereocenters. The topological polar surface area (TPSA) is 221 Å². The highest BCUT2D eigenvalue weighted by atomic mass is 16.4. The molecule has 4 atom stereocenters. The van der Waals surface area contributed by atoms with E-state index in [-0.39, 0.29) is 25.2 Å². The van der Waals surface area contributed by atoms with E-state index in [1.54, 1.807) is 6.20 Å². The van der Waals surface area contributed by atoms with Crippen molar-refractivity contribution in [1.29, 1.82) is 0 Å². The number of aromatic amines is 2. The zero-order valence-corrected chi connectivity index (χ0v) is 24.1. The van der Waals surface area contributed by atoms with Gasteiger partial charge in [-0.05, 0) is 49.8 Å². The first kappa shape index (κ1) is 32.3. The number of unbranched alkanes of at least 4 members (excludes halogenated alkanes) is 1. The quantitative estimate of drug-likeness (QED) is 0.106. The van der Waals surface area contributed by atoms with Gasteiger partial charge in [0.2, 0.25) is 17.7 Å². The Morgan fingerprint density at radius 3 is 2.24 bits per heavy atom. The minimum atomic E-state index is -1.18. The molecule has 0 radical (unpaired) electrons. The molecule has 0 saturated carbocycles. The van der Waals surface area contributed by atoms with Gasteiger partial charge in [0.05, 0.1) is 12.4 Å². The van der Waals surface area contributed by atoms with Gasteiger partial charge >= 0.3 is 5.97 Å². The molecule has 3 aromatic rings. The van der Waals surface area contributed by atoms with Crippen molar-refractivity contribution in [3.63, 3.8) is 0 Å². The molecule has 0 fully saturated rings. The van der Waals surface area contributed by atoms with Gasteiger partial charge < -0.3 is 42.5 Å². The van der Waals surface area contributed by atoms with Crippen LogP contribution in [0.3, 0.4) is 0 Å². The molecule has 0 aliphatic rings. The average molecular weight is 583 g/mol. The Labute approximate surface area is 244 Å². The Bertz CT molecular complexity index is 1320. The molecule has 0 bridgehead atoms. The van der Waals surface area contributed by atoms with Crippen LogP contribution in [0.1, 0.15) is 50.8 Å². The molecule has 2 heterocycles. The summed E-state index contributed by atoms with van der Waals surface area (Å²) in [6, 6.07) is 3.39. The summed E-state index contributed by atoms with van der Waals surface area (Å²) >= 11 is 0. The van der Waals surface area contributed by atoms with Crippen molar-refractivity contribution in [3.05, 3.63) is 54.2 Å². The number of para-hydroxylation sites is 1. The number of H-pyrrole nitrogens is 2. The van der Waals surface area contributed by atoms with E-state index in [0.29, 0.717) is 31.5 Å². The van der Waals surface area contributed by atoms with Crippen molar-refractivity contribution in [2.75, 3.05) is 6.54 Å². The number of carboxylic acid groups (broad SMARTS) is 1. The van der Waals surface area contributed by atoms with E-state index in [4.69, 9.17) is 11.5 Å². The third-order valence-corrected chi connectivity index (χ3v) is 6.97. The Balaban J connectivity index is 1.84. The molecular formula is C29H42N8O5. The normalized spacial score (nSPS) is 14.2. The van der Waals surface area contributed by atoms with Gasteiger partial charge in [-0.25, -0.2) is 9.78 Å². The fourth-order valence-electron chi connectivity index (χ4n) is 4.74. The number of benzene rings is 1. The van der Waals surface area contributed by atoms with Gasteiger partial charge in [-0.2, -0.15) is 0 Å². The monoisotopic (exact) mass is 582 g/mol. The first-order chi connectivity index (χ1) is 20.1. The first-order valence-electron chi connectivity index (χ1n) is 14.2. The van der Waals surface area contributed by atoms with E-state index in [2.05, 4.69) is 30.9 Å². The maximum Gasteiger partial charge on any atom is 0.326 e. The molecule has 0 spiro atoms. The van der Waals surface area contributed by atoms with E-state index in [1.165, 1.54) is 12.5 Å². The summed E-state index contributed by atoms with van der Waals surface area (Å²) < 4.78 is 0. The standard InChI is InChI=1S/C29H42N8O5/c1-17(2)11-21(31)26(38)36-24(12-18-14-33-22-8-4-3-7-20(18)22)27(39)37-25(13-19-15-32-16-34-19)28(40)35-23(29(41)42)9-5-6-10-30/h3-4,7-8,14-17,21,23-25,33H,5-6,9-13,30-31H2,1-2H3,(H,32,34)(H,35,40)(H,36,38)(H,37,39)(H,41,42). The third kappa shape index (κ3) is 9.42. The fourth-order valence-corrected chi connectivity index (χ4v) is 4.74. The van der Waals surface area contributed by atoms with Gasteiger partial charge in [-0.1, -0.05) is 32.0 Å². The number of rotatable bonds is 17. The van der Waals surface area contributed by atoms with Crippen molar-refractivity contribution < 1.29 is 24.3 Å². The Morgan fingerprint density at radius 2 is 1.60 bits per heavy atom. The summed E-state index contributed by atoms with van der Waals surface area (Å²) in [4.78, 5) is 62.0. The number of nitrogens with two attached hydrogens (primary N) is 2. The largest absolute Gasteiger partial charge is 0.480 e. The van der Waals surface area contributed by atoms with Crippen LogP contribution >= 0.6 is 0 Å². The number of amides is 3. The van der Waals surface area contributed by atoms with Crippen LogP contribution in [0.25, 0.3) is 10.9 Å². The van der Waals surface area contributed by atoms with E-state index in [0.717, 1.165) is 16.5 Å². The Kier molecular flexibility index (Phi) is 12.1. The molecule has 13 heteroatoms. The van der Waals surface area contributed by atoms with Gasteiger partial charge in [0.25, 0.3) is 0 Å². The number of nitrogens with one attached hydrogen (secondary N) is 5.